The highest BCUT2D eigenvalue weighted by Crippen LogP contribution is 2.40. The first-order valence-electron chi connectivity index (χ1n) is 12.4. The fourth-order valence-electron chi connectivity index (χ4n) is 5.40. The van der Waals surface area contributed by atoms with Crippen LogP contribution in [0.1, 0.15) is 40.7 Å². The fourth-order valence-corrected chi connectivity index (χ4v) is 5.40. The lowest BCUT2D eigenvalue weighted by Gasteiger charge is -2.27. The lowest BCUT2D eigenvalue weighted by atomic mass is 9.93. The van der Waals surface area contributed by atoms with Crippen molar-refractivity contribution in [3.05, 3.63) is 71.2 Å². The number of nitrogens with zero attached hydrogens (tertiary/aromatic N) is 5. The van der Waals surface area contributed by atoms with Gasteiger partial charge in [-0.25, -0.2) is 4.39 Å². The van der Waals surface area contributed by atoms with E-state index in [4.69, 9.17) is 4.74 Å². The van der Waals surface area contributed by atoms with Crippen molar-refractivity contribution >= 4 is 28.3 Å². The number of amides is 2. The zero-order chi connectivity index (χ0) is 26.6. The molecule has 0 saturated heterocycles. The van der Waals surface area contributed by atoms with Crippen LogP contribution in [0.25, 0.3) is 27.6 Å². The minimum Gasteiger partial charge on any atom is -0.496 e. The summed E-state index contributed by atoms with van der Waals surface area (Å²) in [5.74, 6) is -0.155. The monoisotopic (exact) mass is 514 g/mol. The molecule has 0 saturated carbocycles. The minimum absolute atomic E-state index is 0.0548. The molecule has 0 atom stereocenters. The molecule has 9 nitrogen and oxygen atoms in total. The topological polar surface area (TPSA) is 96.3 Å². The van der Waals surface area contributed by atoms with Crippen molar-refractivity contribution in [2.75, 3.05) is 20.2 Å². The summed E-state index contributed by atoms with van der Waals surface area (Å²) in [6.45, 7) is 3.31. The van der Waals surface area contributed by atoms with Gasteiger partial charge in [-0.2, -0.15) is 5.10 Å². The van der Waals surface area contributed by atoms with E-state index in [0.717, 1.165) is 16.8 Å². The molecule has 0 unspecified atom stereocenters. The van der Waals surface area contributed by atoms with E-state index in [0.29, 0.717) is 66.1 Å². The average molecular weight is 515 g/mol. The zero-order valence-electron chi connectivity index (χ0n) is 21.4. The van der Waals surface area contributed by atoms with E-state index in [1.807, 2.05) is 13.1 Å². The first-order valence-corrected chi connectivity index (χ1v) is 12.4. The molecular formula is C28H27FN6O3. The predicted molar refractivity (Wildman–Crippen MR) is 140 cm³/mol. The molecule has 6 rings (SSSR count). The van der Waals surface area contributed by atoms with E-state index < -0.39 is 5.82 Å². The minimum atomic E-state index is -0.462. The Morgan fingerprint density at radius 3 is 2.68 bits per heavy atom. The number of hydrogen-bond donors (Lipinski definition) is 1. The number of carbonyl (C=O) groups excluding carboxylic acids is 2. The zero-order valence-corrected chi connectivity index (χ0v) is 21.4. The third-order valence-electron chi connectivity index (χ3n) is 7.45. The third-order valence-corrected chi connectivity index (χ3v) is 7.45. The van der Waals surface area contributed by atoms with Crippen molar-refractivity contribution in [2.24, 2.45) is 7.05 Å². The molecule has 0 aliphatic carbocycles. The van der Waals surface area contributed by atoms with Gasteiger partial charge in [-0.15, -0.1) is 0 Å². The lowest BCUT2D eigenvalue weighted by molar-refractivity contribution is -0.128. The molecule has 1 N–H and O–H groups in total. The standard InChI is InChI=1S/C28H27FN6O3/c1-16(36)34-8-4-5-17(13-34)19-9-20(22-12-30-7-6-25(22)38-3)21-10-23(32-27(21)26(19)29)28(37)35-14-18-11-31-33(2)24(18)15-35/h5-7,9-12,32H,4,8,13-15H2,1-3H3. The number of nitrogens with one attached hydrogen (secondary N) is 1. The van der Waals surface area contributed by atoms with E-state index in [2.05, 4.69) is 15.1 Å². The Bertz CT molecular complexity index is 1630. The predicted octanol–water partition coefficient (Wildman–Crippen LogP) is 3.90. The van der Waals surface area contributed by atoms with Gasteiger partial charge < -0.3 is 19.5 Å². The molecule has 5 heterocycles. The molecule has 194 valence electrons. The number of hydrogen-bond acceptors (Lipinski definition) is 5. The molecule has 0 radical (unpaired) electrons. The van der Waals surface area contributed by atoms with Crippen molar-refractivity contribution in [3.8, 4) is 16.9 Å². The van der Waals surface area contributed by atoms with Gasteiger partial charge in [-0.05, 0) is 35.8 Å². The van der Waals surface area contributed by atoms with Gasteiger partial charge in [-0.1, -0.05) is 6.08 Å². The first-order chi connectivity index (χ1) is 18.4. The molecule has 3 aromatic heterocycles. The van der Waals surface area contributed by atoms with Crippen LogP contribution in [0, 0.1) is 5.82 Å². The summed E-state index contributed by atoms with van der Waals surface area (Å²) >= 11 is 0. The van der Waals surface area contributed by atoms with Crippen LogP contribution in [0.4, 0.5) is 4.39 Å². The Kier molecular flexibility index (Phi) is 5.74. The maximum absolute atomic E-state index is 16.2. The molecule has 2 aliphatic heterocycles. The molecular weight excluding hydrogens is 487 g/mol. The molecule has 1 aromatic carbocycles. The summed E-state index contributed by atoms with van der Waals surface area (Å²) in [6, 6.07) is 5.21. The highest BCUT2D eigenvalue weighted by atomic mass is 19.1. The summed E-state index contributed by atoms with van der Waals surface area (Å²) in [7, 11) is 3.42. The summed E-state index contributed by atoms with van der Waals surface area (Å²) < 4.78 is 23.5. The second-order valence-corrected chi connectivity index (χ2v) is 9.69. The van der Waals surface area contributed by atoms with Crippen molar-refractivity contribution < 1.29 is 18.7 Å². The summed E-state index contributed by atoms with van der Waals surface area (Å²) in [5, 5.41) is 4.81. The Morgan fingerprint density at radius 1 is 1.08 bits per heavy atom. The van der Waals surface area contributed by atoms with Crippen LogP contribution in [-0.4, -0.2) is 61.6 Å². The number of aryl methyl sites for hydroxylation is 1. The molecule has 2 amide bonds. The highest BCUT2D eigenvalue weighted by Gasteiger charge is 2.30. The van der Waals surface area contributed by atoms with Crippen molar-refractivity contribution in [1.82, 2.24) is 29.5 Å². The number of pyridine rings is 1. The largest absolute Gasteiger partial charge is 0.496 e. The quantitative estimate of drug-likeness (QED) is 0.446. The second kappa shape index (κ2) is 9.13. The number of carbonyl (C=O) groups is 2. The third kappa shape index (κ3) is 3.84. The summed E-state index contributed by atoms with van der Waals surface area (Å²) in [4.78, 5) is 36.4. The molecule has 0 spiro atoms. The number of aromatic nitrogens is 4. The van der Waals surface area contributed by atoms with Gasteiger partial charge in [0.15, 0.2) is 5.82 Å². The fraction of sp³-hybridized carbons (Fsp3) is 0.286. The maximum atomic E-state index is 16.2. The Labute approximate surface area is 218 Å². The molecule has 10 heteroatoms. The smallest absolute Gasteiger partial charge is 0.270 e. The van der Waals surface area contributed by atoms with Crippen LogP contribution in [-0.2, 0) is 24.9 Å². The number of halogens is 1. The molecule has 0 fully saturated rings. The Balaban J connectivity index is 1.49. The van der Waals surface area contributed by atoms with E-state index >= 15 is 4.39 Å². The van der Waals surface area contributed by atoms with Gasteiger partial charge in [0, 0.05) is 68.1 Å². The van der Waals surface area contributed by atoms with Crippen molar-refractivity contribution in [1.29, 1.82) is 0 Å². The molecule has 4 aromatic rings. The number of H-pyrrole nitrogens is 1. The molecule has 0 bridgehead atoms. The average Bonchev–Trinajstić information content (AvgIpc) is 3.65. The van der Waals surface area contributed by atoms with Gasteiger partial charge >= 0.3 is 0 Å². The second-order valence-electron chi connectivity index (χ2n) is 9.69. The number of ether oxygens (including phenoxy) is 1. The van der Waals surface area contributed by atoms with Crippen LogP contribution in [0.5, 0.6) is 5.75 Å². The number of rotatable bonds is 4. The Morgan fingerprint density at radius 2 is 1.92 bits per heavy atom. The van der Waals surface area contributed by atoms with Crippen LogP contribution in [0.2, 0.25) is 0 Å². The first kappa shape index (κ1) is 23.9. The lowest BCUT2D eigenvalue weighted by Crippen LogP contribution is -2.33. The van der Waals surface area contributed by atoms with Gasteiger partial charge in [0.25, 0.3) is 5.91 Å². The van der Waals surface area contributed by atoms with Gasteiger partial charge in [-0.3, -0.25) is 19.3 Å². The van der Waals surface area contributed by atoms with Gasteiger partial charge in [0.1, 0.15) is 11.4 Å². The van der Waals surface area contributed by atoms with Crippen LogP contribution in [0.3, 0.4) is 0 Å². The summed E-state index contributed by atoms with van der Waals surface area (Å²) in [5.41, 5.74) is 4.98. The number of fused-ring (bicyclic) bond motifs is 2. The number of aromatic amines is 1. The van der Waals surface area contributed by atoms with Crippen LogP contribution >= 0.6 is 0 Å². The molecule has 38 heavy (non-hydrogen) atoms. The van der Waals surface area contributed by atoms with E-state index in [1.165, 1.54) is 6.92 Å². The van der Waals surface area contributed by atoms with Gasteiger partial charge in [0.2, 0.25) is 5.91 Å². The molecule has 2 aliphatic rings. The van der Waals surface area contributed by atoms with Crippen molar-refractivity contribution in [2.45, 2.75) is 26.4 Å². The normalized spacial score (nSPS) is 15.1. The van der Waals surface area contributed by atoms with Crippen molar-refractivity contribution in [3.63, 3.8) is 0 Å². The van der Waals surface area contributed by atoms with E-state index in [1.54, 1.807) is 58.4 Å². The van der Waals surface area contributed by atoms with Gasteiger partial charge in [0.05, 0.1) is 31.1 Å². The number of methoxy groups -OCH3 is 1. The summed E-state index contributed by atoms with van der Waals surface area (Å²) in [6.07, 6.45) is 7.68. The number of benzene rings is 1. The highest BCUT2D eigenvalue weighted by molar-refractivity contribution is 6.05. The van der Waals surface area contributed by atoms with Crippen LogP contribution in [0.15, 0.2) is 42.9 Å². The van der Waals surface area contributed by atoms with E-state index in [9.17, 15) is 9.59 Å². The SMILES string of the molecule is COc1ccncc1-c1cc(C2=CCCN(C(C)=O)C2)c(F)c2[nH]c(C(=O)N3Cc4cnn(C)c4C3)cc12. The maximum Gasteiger partial charge on any atom is 0.270 e. The van der Waals surface area contributed by atoms with Crippen LogP contribution < -0.4 is 4.74 Å². The Hall–Kier alpha value is -4.47. The van der Waals surface area contributed by atoms with E-state index in [-0.39, 0.29) is 17.3 Å².